The number of aliphatic carboxylic acids is 1. The van der Waals surface area contributed by atoms with Gasteiger partial charge in [-0.3, -0.25) is 0 Å². The van der Waals surface area contributed by atoms with Gasteiger partial charge in [-0.25, -0.2) is 9.59 Å². The van der Waals surface area contributed by atoms with E-state index in [4.69, 9.17) is 9.84 Å². The van der Waals surface area contributed by atoms with Crippen LogP contribution in [0.3, 0.4) is 0 Å². The summed E-state index contributed by atoms with van der Waals surface area (Å²) in [6.45, 7) is 6.78. The molecule has 15 heavy (non-hydrogen) atoms. The molecule has 0 radical (unpaired) electrons. The largest absolute Gasteiger partial charge is 0.472 e. The second-order valence-corrected chi connectivity index (χ2v) is 3.94. The van der Waals surface area contributed by atoms with Crippen molar-refractivity contribution in [1.82, 2.24) is 5.32 Å². The number of ether oxygens (including phenoxy) is 1. The zero-order chi connectivity index (χ0) is 12.1. The zero-order valence-corrected chi connectivity index (χ0v) is 9.25. The lowest BCUT2D eigenvalue weighted by Gasteiger charge is -2.20. The summed E-state index contributed by atoms with van der Waals surface area (Å²) in [6, 6.07) is -0.559. The van der Waals surface area contributed by atoms with Crippen LogP contribution < -0.4 is 5.32 Å². The Morgan fingerprint density at radius 2 is 1.93 bits per heavy atom. The summed E-state index contributed by atoms with van der Waals surface area (Å²) in [5, 5.41) is 10.7. The number of rotatable bonds is 1. The molecule has 0 rings (SSSR count). The highest BCUT2D eigenvalue weighted by atomic mass is 16.6. The topological polar surface area (TPSA) is 75.6 Å². The number of carboxylic acids is 1. The molecule has 1 amide bonds. The van der Waals surface area contributed by atoms with Crippen molar-refractivity contribution in [1.29, 1.82) is 0 Å². The van der Waals surface area contributed by atoms with E-state index in [9.17, 15) is 9.59 Å². The van der Waals surface area contributed by atoms with Crippen molar-refractivity contribution in [2.24, 2.45) is 0 Å². The van der Waals surface area contributed by atoms with Crippen molar-refractivity contribution < 1.29 is 19.4 Å². The van der Waals surface area contributed by atoms with Gasteiger partial charge in [0.15, 0.2) is 0 Å². The Morgan fingerprint density at radius 3 is 2.33 bits per heavy atom. The first-order chi connectivity index (χ1) is 6.70. The van der Waals surface area contributed by atoms with Crippen molar-refractivity contribution in [3.63, 3.8) is 0 Å². The van der Waals surface area contributed by atoms with E-state index >= 15 is 0 Å². The fourth-order valence-corrected chi connectivity index (χ4v) is 0.690. The molecule has 5 heteroatoms. The summed E-state index contributed by atoms with van der Waals surface area (Å²) in [4.78, 5) is 21.3. The molecule has 0 aliphatic carbocycles. The molecule has 0 aromatic rings. The van der Waals surface area contributed by atoms with Crippen molar-refractivity contribution in [3.8, 4) is 11.8 Å². The van der Waals surface area contributed by atoms with Crippen LogP contribution in [0.2, 0.25) is 0 Å². The molecule has 0 fully saturated rings. The summed E-state index contributed by atoms with van der Waals surface area (Å²) in [5.41, 5.74) is -0.579. The van der Waals surface area contributed by atoms with Gasteiger partial charge < -0.3 is 15.2 Å². The Hall–Kier alpha value is -1.70. The van der Waals surface area contributed by atoms with E-state index in [0.29, 0.717) is 0 Å². The second kappa shape index (κ2) is 5.25. The molecule has 0 aromatic heterocycles. The number of hydrogen-bond donors (Lipinski definition) is 2. The first kappa shape index (κ1) is 13.3. The lowest BCUT2D eigenvalue weighted by molar-refractivity contribution is -0.130. The highest BCUT2D eigenvalue weighted by Gasteiger charge is 2.16. The van der Waals surface area contributed by atoms with Gasteiger partial charge in [-0.15, -0.1) is 0 Å². The summed E-state index contributed by atoms with van der Waals surface area (Å²) in [5.74, 6) is 3.02. The van der Waals surface area contributed by atoms with E-state index < -0.39 is 23.7 Å². The van der Waals surface area contributed by atoms with E-state index in [1.165, 1.54) is 0 Å². The Kier molecular flexibility index (Phi) is 4.65. The predicted octanol–water partition coefficient (Wildman–Crippen LogP) is 0.988. The number of alkyl carbamates (subject to hydrolysis) is 1. The maximum Gasteiger partial charge on any atom is 0.408 e. The standard InChI is InChI=1S/C10H15NO4/c1-7(5-6-8(12)13)11-9(14)15-10(2,3)4/h7H,1-4H3,(H,11,14)(H,12,13)/t7-/m0/s1. The molecule has 0 aromatic carbocycles. The third kappa shape index (κ3) is 8.63. The summed E-state index contributed by atoms with van der Waals surface area (Å²) in [7, 11) is 0. The Bertz CT molecular complexity index is 306. The maximum atomic E-state index is 11.2. The second-order valence-electron chi connectivity index (χ2n) is 3.94. The molecule has 1 atom stereocenters. The van der Waals surface area contributed by atoms with Gasteiger partial charge in [0.2, 0.25) is 0 Å². The highest BCUT2D eigenvalue weighted by Crippen LogP contribution is 2.06. The van der Waals surface area contributed by atoms with Gasteiger partial charge in [0.05, 0.1) is 6.04 Å². The lowest BCUT2D eigenvalue weighted by atomic mass is 10.2. The van der Waals surface area contributed by atoms with Crippen LogP contribution in [0.15, 0.2) is 0 Å². The monoisotopic (exact) mass is 213 g/mol. The molecule has 84 valence electrons. The molecule has 0 aliphatic rings. The molecule has 0 saturated carbocycles. The van der Waals surface area contributed by atoms with Gasteiger partial charge >= 0.3 is 12.1 Å². The van der Waals surface area contributed by atoms with Crippen LogP contribution in [-0.2, 0) is 9.53 Å². The number of carbonyl (C=O) groups is 2. The van der Waals surface area contributed by atoms with E-state index in [1.54, 1.807) is 27.7 Å². The molecular formula is C10H15NO4. The van der Waals surface area contributed by atoms with E-state index in [2.05, 4.69) is 11.2 Å². The Labute approximate surface area is 88.8 Å². The van der Waals surface area contributed by atoms with E-state index in [0.717, 1.165) is 0 Å². The van der Waals surface area contributed by atoms with Crippen molar-refractivity contribution in [2.45, 2.75) is 39.3 Å². The first-order valence-electron chi connectivity index (χ1n) is 4.44. The fourth-order valence-electron chi connectivity index (χ4n) is 0.690. The normalized spacial score (nSPS) is 12.0. The average Bonchev–Trinajstić information content (AvgIpc) is 1.96. The molecule has 0 unspecified atom stereocenters. The van der Waals surface area contributed by atoms with Gasteiger partial charge in [-0.1, -0.05) is 5.92 Å². The highest BCUT2D eigenvalue weighted by molar-refractivity contribution is 5.86. The fraction of sp³-hybridized carbons (Fsp3) is 0.600. The van der Waals surface area contributed by atoms with Crippen LogP contribution in [0, 0.1) is 11.8 Å². The van der Waals surface area contributed by atoms with Gasteiger partial charge in [0.25, 0.3) is 0 Å². The average molecular weight is 213 g/mol. The van der Waals surface area contributed by atoms with Gasteiger partial charge in [0, 0.05) is 5.92 Å². The molecule has 2 N–H and O–H groups in total. The molecule has 0 bridgehead atoms. The number of amides is 1. The van der Waals surface area contributed by atoms with Crippen molar-refractivity contribution in [3.05, 3.63) is 0 Å². The third-order valence-electron chi connectivity index (χ3n) is 1.13. The molecule has 0 heterocycles. The quantitative estimate of drug-likeness (QED) is 0.637. The van der Waals surface area contributed by atoms with Gasteiger partial charge in [-0.05, 0) is 27.7 Å². The van der Waals surface area contributed by atoms with Crippen LogP contribution >= 0.6 is 0 Å². The maximum absolute atomic E-state index is 11.2. The Balaban J connectivity index is 4.10. The van der Waals surface area contributed by atoms with Gasteiger partial charge in [-0.2, -0.15) is 0 Å². The molecular weight excluding hydrogens is 198 g/mol. The van der Waals surface area contributed by atoms with Crippen LogP contribution in [0.5, 0.6) is 0 Å². The van der Waals surface area contributed by atoms with Crippen molar-refractivity contribution >= 4 is 12.1 Å². The molecule has 0 aliphatic heterocycles. The Morgan fingerprint density at radius 1 is 1.40 bits per heavy atom. The predicted molar refractivity (Wildman–Crippen MR) is 54.2 cm³/mol. The molecule has 5 nitrogen and oxygen atoms in total. The van der Waals surface area contributed by atoms with E-state index in [-0.39, 0.29) is 0 Å². The van der Waals surface area contributed by atoms with Gasteiger partial charge in [0.1, 0.15) is 5.60 Å². The van der Waals surface area contributed by atoms with Crippen LogP contribution in [0.25, 0.3) is 0 Å². The number of carboxylic acid groups (broad SMARTS) is 1. The number of nitrogens with one attached hydrogen (secondary N) is 1. The molecule has 0 saturated heterocycles. The van der Waals surface area contributed by atoms with Crippen LogP contribution in [-0.4, -0.2) is 28.8 Å². The number of hydrogen-bond acceptors (Lipinski definition) is 3. The first-order valence-corrected chi connectivity index (χ1v) is 4.44. The molecule has 0 spiro atoms. The summed E-state index contributed by atoms with van der Waals surface area (Å²) in [6.07, 6.45) is -0.616. The summed E-state index contributed by atoms with van der Waals surface area (Å²) < 4.78 is 4.95. The summed E-state index contributed by atoms with van der Waals surface area (Å²) >= 11 is 0. The van der Waals surface area contributed by atoms with Crippen LogP contribution in [0.4, 0.5) is 4.79 Å². The third-order valence-corrected chi connectivity index (χ3v) is 1.13. The van der Waals surface area contributed by atoms with Crippen LogP contribution in [0.1, 0.15) is 27.7 Å². The lowest BCUT2D eigenvalue weighted by Crippen LogP contribution is -2.37. The number of carbonyl (C=O) groups excluding carboxylic acids is 1. The minimum Gasteiger partial charge on any atom is -0.472 e. The smallest absolute Gasteiger partial charge is 0.408 e. The minimum absolute atomic E-state index is 0.559. The minimum atomic E-state index is -1.23. The SMILES string of the molecule is C[C@@H](C#CC(=O)O)NC(=O)OC(C)(C)C. The van der Waals surface area contributed by atoms with Crippen molar-refractivity contribution in [2.75, 3.05) is 0 Å². The zero-order valence-electron chi connectivity index (χ0n) is 9.25. The van der Waals surface area contributed by atoms with E-state index in [1.807, 2.05) is 5.92 Å².